The second-order valence-electron chi connectivity index (χ2n) is 5.58. The van der Waals surface area contributed by atoms with E-state index in [0.717, 1.165) is 17.4 Å². The van der Waals surface area contributed by atoms with E-state index < -0.39 is 0 Å². The van der Waals surface area contributed by atoms with Crippen LogP contribution in [0.1, 0.15) is 15.9 Å². The Labute approximate surface area is 145 Å². The van der Waals surface area contributed by atoms with E-state index in [-0.39, 0.29) is 5.75 Å². The average molecular weight is 334 g/mol. The van der Waals surface area contributed by atoms with E-state index in [0.29, 0.717) is 35.7 Å². The summed E-state index contributed by atoms with van der Waals surface area (Å²) < 4.78 is 5.76. The van der Waals surface area contributed by atoms with Crippen LogP contribution in [0, 0.1) is 0 Å². The molecule has 0 saturated carbocycles. The van der Waals surface area contributed by atoms with Crippen LogP contribution in [0.15, 0.2) is 60.8 Å². The molecular weight excluding hydrogens is 316 g/mol. The van der Waals surface area contributed by atoms with Crippen molar-refractivity contribution >= 4 is 12.1 Å². The molecule has 126 valence electrons. The van der Waals surface area contributed by atoms with Gasteiger partial charge < -0.3 is 15.6 Å². The third-order valence-electron chi connectivity index (χ3n) is 3.86. The Bertz CT molecular complexity index is 876. The lowest BCUT2D eigenvalue weighted by atomic mass is 10.1. The number of nitrogens with zero attached hydrogens (tertiary/aromatic N) is 1. The van der Waals surface area contributed by atoms with Gasteiger partial charge in [0, 0.05) is 29.3 Å². The van der Waals surface area contributed by atoms with Crippen molar-refractivity contribution < 1.29 is 14.6 Å². The molecule has 2 aromatic carbocycles. The Hall–Kier alpha value is -3.34. The Morgan fingerprint density at radius 3 is 2.60 bits per heavy atom. The maximum Gasteiger partial charge on any atom is 0.166 e. The van der Waals surface area contributed by atoms with Crippen molar-refractivity contribution in [3.05, 3.63) is 71.9 Å². The van der Waals surface area contributed by atoms with Gasteiger partial charge in [0.2, 0.25) is 0 Å². The van der Waals surface area contributed by atoms with Gasteiger partial charge in [0.1, 0.15) is 12.0 Å². The lowest BCUT2D eigenvalue weighted by Gasteiger charge is -2.11. The van der Waals surface area contributed by atoms with Crippen LogP contribution < -0.4 is 10.5 Å². The molecular formula is C20H18N2O3. The number of aromatic nitrogens is 1. The molecule has 0 radical (unpaired) electrons. The molecule has 0 unspecified atom stereocenters. The fourth-order valence-corrected chi connectivity index (χ4v) is 2.48. The second-order valence-corrected chi connectivity index (χ2v) is 5.58. The molecule has 3 N–H and O–H groups in total. The van der Waals surface area contributed by atoms with Crippen LogP contribution in [-0.2, 0) is 6.42 Å². The van der Waals surface area contributed by atoms with Gasteiger partial charge in [-0.1, -0.05) is 42.5 Å². The summed E-state index contributed by atoms with van der Waals surface area (Å²) in [6.07, 6.45) is 3.10. The molecule has 0 amide bonds. The van der Waals surface area contributed by atoms with Crippen LogP contribution in [-0.4, -0.2) is 23.0 Å². The van der Waals surface area contributed by atoms with Gasteiger partial charge in [0.05, 0.1) is 6.61 Å². The number of carbonyl (C=O) groups excluding carboxylic acids is 1. The van der Waals surface area contributed by atoms with Gasteiger partial charge in [-0.15, -0.1) is 0 Å². The summed E-state index contributed by atoms with van der Waals surface area (Å²) in [4.78, 5) is 14.8. The van der Waals surface area contributed by atoms with Gasteiger partial charge >= 0.3 is 0 Å². The van der Waals surface area contributed by atoms with Crippen LogP contribution in [0.4, 0.5) is 5.82 Å². The number of rotatable bonds is 6. The van der Waals surface area contributed by atoms with Crippen molar-refractivity contribution in [2.24, 2.45) is 0 Å². The Morgan fingerprint density at radius 2 is 1.88 bits per heavy atom. The minimum atomic E-state index is 0.176. The molecule has 0 atom stereocenters. The van der Waals surface area contributed by atoms with E-state index in [2.05, 4.69) is 4.98 Å². The highest BCUT2D eigenvalue weighted by atomic mass is 16.5. The molecule has 0 aliphatic carbocycles. The number of benzene rings is 2. The fraction of sp³-hybridized carbons (Fsp3) is 0.100. The molecule has 25 heavy (non-hydrogen) atoms. The fourth-order valence-electron chi connectivity index (χ4n) is 2.48. The number of pyridine rings is 1. The minimum Gasteiger partial charge on any atom is -0.507 e. The first kappa shape index (κ1) is 16.5. The summed E-state index contributed by atoms with van der Waals surface area (Å²) in [7, 11) is 0. The highest BCUT2D eigenvalue weighted by Crippen LogP contribution is 2.32. The largest absolute Gasteiger partial charge is 0.507 e. The number of ether oxygens (including phenoxy) is 1. The number of hydrogen-bond acceptors (Lipinski definition) is 5. The van der Waals surface area contributed by atoms with Crippen LogP contribution >= 0.6 is 0 Å². The number of aromatic hydroxyl groups is 1. The maximum absolute atomic E-state index is 10.7. The van der Waals surface area contributed by atoms with Gasteiger partial charge in [-0.3, -0.25) is 4.79 Å². The Kier molecular flexibility index (Phi) is 4.95. The predicted octanol–water partition coefficient (Wildman–Crippen LogP) is 3.47. The van der Waals surface area contributed by atoms with E-state index in [1.807, 2.05) is 18.2 Å². The number of para-hydroxylation sites is 1. The molecule has 1 heterocycles. The van der Waals surface area contributed by atoms with Gasteiger partial charge in [-0.25, -0.2) is 4.98 Å². The molecule has 0 bridgehead atoms. The molecule has 0 fully saturated rings. The molecule has 5 heteroatoms. The number of aldehydes is 1. The summed E-state index contributed by atoms with van der Waals surface area (Å²) in [5.41, 5.74) is 9.00. The molecule has 3 rings (SSSR count). The smallest absolute Gasteiger partial charge is 0.166 e. The first-order valence-electron chi connectivity index (χ1n) is 7.88. The lowest BCUT2D eigenvalue weighted by Crippen LogP contribution is -2.05. The van der Waals surface area contributed by atoms with Gasteiger partial charge in [0.25, 0.3) is 0 Å². The molecule has 0 saturated heterocycles. The number of nitrogen functional groups attached to an aromatic ring is 1. The maximum atomic E-state index is 10.7. The number of nitrogens with two attached hydrogens (primary N) is 1. The van der Waals surface area contributed by atoms with E-state index in [4.69, 9.17) is 10.5 Å². The summed E-state index contributed by atoms with van der Waals surface area (Å²) in [5, 5.41) is 9.97. The van der Waals surface area contributed by atoms with E-state index in [1.54, 1.807) is 42.6 Å². The van der Waals surface area contributed by atoms with E-state index >= 15 is 0 Å². The summed E-state index contributed by atoms with van der Waals surface area (Å²) in [6.45, 7) is 0.427. The van der Waals surface area contributed by atoms with Crippen molar-refractivity contribution in [3.8, 4) is 22.6 Å². The van der Waals surface area contributed by atoms with Crippen molar-refractivity contribution in [1.29, 1.82) is 0 Å². The van der Waals surface area contributed by atoms with Crippen LogP contribution in [0.2, 0.25) is 0 Å². The summed E-state index contributed by atoms with van der Waals surface area (Å²) in [5.74, 6) is 0.955. The third-order valence-corrected chi connectivity index (χ3v) is 3.86. The van der Waals surface area contributed by atoms with E-state index in [9.17, 15) is 9.90 Å². The number of hydrogen-bond donors (Lipinski definition) is 2. The number of carbonyl (C=O) groups is 1. The first-order valence-corrected chi connectivity index (χ1v) is 7.88. The minimum absolute atomic E-state index is 0.176. The number of phenols is 1. The highest BCUT2D eigenvalue weighted by Gasteiger charge is 2.09. The molecule has 1 aromatic heterocycles. The standard InChI is InChI=1S/C20H18N2O3/c21-20-19(25-10-9-14-5-7-15(13-23)8-6-14)11-16(12-22-20)17-3-1-2-4-18(17)24/h1-8,11-13,24H,9-10H2,(H2,21,22). The summed E-state index contributed by atoms with van der Waals surface area (Å²) >= 11 is 0. The molecule has 3 aromatic rings. The zero-order chi connectivity index (χ0) is 17.6. The van der Waals surface area contributed by atoms with Crippen LogP contribution in [0.25, 0.3) is 11.1 Å². The normalized spacial score (nSPS) is 10.4. The zero-order valence-electron chi connectivity index (χ0n) is 13.6. The Balaban J connectivity index is 1.70. The highest BCUT2D eigenvalue weighted by molar-refractivity contribution is 5.74. The lowest BCUT2D eigenvalue weighted by molar-refractivity contribution is 0.112. The third kappa shape index (κ3) is 3.95. The van der Waals surface area contributed by atoms with Gasteiger partial charge in [-0.05, 0) is 17.7 Å². The Morgan fingerprint density at radius 1 is 1.12 bits per heavy atom. The van der Waals surface area contributed by atoms with Crippen molar-refractivity contribution in [2.75, 3.05) is 12.3 Å². The molecule has 0 spiro atoms. The monoisotopic (exact) mass is 334 g/mol. The molecule has 5 nitrogen and oxygen atoms in total. The molecule has 0 aliphatic heterocycles. The quantitative estimate of drug-likeness (QED) is 0.674. The van der Waals surface area contributed by atoms with Crippen molar-refractivity contribution in [2.45, 2.75) is 6.42 Å². The second kappa shape index (κ2) is 7.49. The SMILES string of the molecule is Nc1ncc(-c2ccccc2O)cc1OCCc1ccc(C=O)cc1. The summed E-state index contributed by atoms with van der Waals surface area (Å²) in [6, 6.07) is 16.1. The van der Waals surface area contributed by atoms with Gasteiger partial charge in [0.15, 0.2) is 11.6 Å². The first-order chi connectivity index (χ1) is 12.2. The number of phenolic OH excluding ortho intramolecular Hbond substituents is 1. The van der Waals surface area contributed by atoms with Crippen molar-refractivity contribution in [1.82, 2.24) is 4.98 Å². The van der Waals surface area contributed by atoms with Crippen LogP contribution in [0.5, 0.6) is 11.5 Å². The van der Waals surface area contributed by atoms with Crippen LogP contribution in [0.3, 0.4) is 0 Å². The number of anilines is 1. The predicted molar refractivity (Wildman–Crippen MR) is 96.8 cm³/mol. The average Bonchev–Trinajstić information content (AvgIpc) is 2.64. The zero-order valence-corrected chi connectivity index (χ0v) is 13.6. The van der Waals surface area contributed by atoms with E-state index in [1.165, 1.54) is 0 Å². The topological polar surface area (TPSA) is 85.4 Å². The van der Waals surface area contributed by atoms with Gasteiger partial charge in [-0.2, -0.15) is 0 Å². The molecule has 0 aliphatic rings. The van der Waals surface area contributed by atoms with Crippen molar-refractivity contribution in [3.63, 3.8) is 0 Å².